The Bertz CT molecular complexity index is 574. The molecule has 0 radical (unpaired) electrons. The van der Waals surface area contributed by atoms with Crippen LogP contribution in [0.25, 0.3) is 0 Å². The molecule has 0 saturated heterocycles. The van der Waals surface area contributed by atoms with Crippen molar-refractivity contribution in [2.75, 3.05) is 6.54 Å². The number of fused-ring (bicyclic) bond motifs is 1. The second-order valence-electron chi connectivity index (χ2n) is 6.13. The minimum Gasteiger partial charge on any atom is -0.330 e. The van der Waals surface area contributed by atoms with Gasteiger partial charge >= 0.3 is 0 Å². The third-order valence-corrected chi connectivity index (χ3v) is 4.67. The molecule has 0 saturated carbocycles. The van der Waals surface area contributed by atoms with Crippen LogP contribution in [0, 0.1) is 0 Å². The van der Waals surface area contributed by atoms with Crippen molar-refractivity contribution in [1.82, 2.24) is 0 Å². The van der Waals surface area contributed by atoms with Crippen LogP contribution in [0.1, 0.15) is 53.9 Å². The van der Waals surface area contributed by atoms with Crippen molar-refractivity contribution in [2.24, 2.45) is 5.73 Å². The van der Waals surface area contributed by atoms with Crippen molar-refractivity contribution in [3.63, 3.8) is 0 Å². The maximum atomic E-state index is 5.67. The van der Waals surface area contributed by atoms with Gasteiger partial charge < -0.3 is 5.73 Å². The lowest BCUT2D eigenvalue weighted by Crippen LogP contribution is -2.04. The lowest BCUT2D eigenvalue weighted by molar-refractivity contribution is 0.631. The molecule has 110 valence electrons. The summed E-state index contributed by atoms with van der Waals surface area (Å²) in [5.41, 5.74) is 11.7. The predicted octanol–water partition coefficient (Wildman–Crippen LogP) is 4.44. The van der Waals surface area contributed by atoms with E-state index in [0.29, 0.717) is 5.92 Å². The summed E-state index contributed by atoms with van der Waals surface area (Å²) >= 11 is 0. The van der Waals surface area contributed by atoms with Gasteiger partial charge in [0, 0.05) is 5.92 Å². The molecule has 1 nitrogen and oxygen atoms in total. The lowest BCUT2D eigenvalue weighted by Gasteiger charge is -2.19. The quantitative estimate of drug-likeness (QED) is 0.777. The SMILES string of the molecule is NCCCCC(c1ccccc1)c1ccc2c(c1)CCC2. The first-order valence-electron chi connectivity index (χ1n) is 8.25. The molecule has 1 atom stereocenters. The summed E-state index contributed by atoms with van der Waals surface area (Å²) in [7, 11) is 0. The van der Waals surface area contributed by atoms with Gasteiger partial charge in [0.25, 0.3) is 0 Å². The molecule has 0 heterocycles. The van der Waals surface area contributed by atoms with Gasteiger partial charge in [-0.05, 0) is 60.9 Å². The summed E-state index contributed by atoms with van der Waals surface area (Å²) in [6.07, 6.45) is 7.36. The fraction of sp³-hybridized carbons (Fsp3) is 0.400. The van der Waals surface area contributed by atoms with Gasteiger partial charge in [0.15, 0.2) is 0 Å². The Morgan fingerprint density at radius 1 is 0.857 bits per heavy atom. The third kappa shape index (κ3) is 3.36. The van der Waals surface area contributed by atoms with Crippen molar-refractivity contribution in [2.45, 2.75) is 44.4 Å². The van der Waals surface area contributed by atoms with E-state index in [4.69, 9.17) is 5.73 Å². The van der Waals surface area contributed by atoms with Crippen LogP contribution in [-0.2, 0) is 12.8 Å². The van der Waals surface area contributed by atoms with Gasteiger partial charge in [0.2, 0.25) is 0 Å². The first-order valence-corrected chi connectivity index (χ1v) is 8.25. The molecule has 1 unspecified atom stereocenters. The highest BCUT2D eigenvalue weighted by Crippen LogP contribution is 2.33. The normalized spacial score (nSPS) is 14.9. The van der Waals surface area contributed by atoms with E-state index in [1.807, 2.05) is 0 Å². The maximum Gasteiger partial charge on any atom is 0.00894 e. The second kappa shape index (κ2) is 6.91. The van der Waals surface area contributed by atoms with Crippen LogP contribution in [-0.4, -0.2) is 6.54 Å². The molecule has 0 aliphatic heterocycles. The summed E-state index contributed by atoms with van der Waals surface area (Å²) in [4.78, 5) is 0. The highest BCUT2D eigenvalue weighted by atomic mass is 14.5. The topological polar surface area (TPSA) is 26.0 Å². The van der Waals surface area contributed by atoms with Crippen LogP contribution >= 0.6 is 0 Å². The first-order chi connectivity index (χ1) is 10.4. The van der Waals surface area contributed by atoms with E-state index in [9.17, 15) is 0 Å². The van der Waals surface area contributed by atoms with Gasteiger partial charge in [-0.2, -0.15) is 0 Å². The van der Waals surface area contributed by atoms with E-state index in [2.05, 4.69) is 48.5 Å². The molecule has 0 bridgehead atoms. The molecule has 0 aromatic heterocycles. The number of nitrogens with two attached hydrogens (primary N) is 1. The van der Waals surface area contributed by atoms with Crippen molar-refractivity contribution in [1.29, 1.82) is 0 Å². The highest BCUT2D eigenvalue weighted by Gasteiger charge is 2.17. The standard InChI is InChI=1S/C20H25N/c21-14-5-4-11-20(17-7-2-1-3-8-17)19-13-12-16-9-6-10-18(16)15-19/h1-3,7-8,12-13,15,20H,4-6,9-11,14,21H2. The maximum absolute atomic E-state index is 5.67. The lowest BCUT2D eigenvalue weighted by atomic mass is 9.86. The molecule has 0 fully saturated rings. The molecular formula is C20H25N. The molecule has 2 aromatic rings. The van der Waals surface area contributed by atoms with E-state index < -0.39 is 0 Å². The average molecular weight is 279 g/mol. The average Bonchev–Trinajstić information content (AvgIpc) is 3.00. The van der Waals surface area contributed by atoms with E-state index >= 15 is 0 Å². The van der Waals surface area contributed by atoms with E-state index in [1.165, 1.54) is 43.2 Å². The zero-order chi connectivity index (χ0) is 14.5. The number of rotatable bonds is 6. The Morgan fingerprint density at radius 2 is 1.67 bits per heavy atom. The number of hydrogen-bond acceptors (Lipinski definition) is 1. The monoisotopic (exact) mass is 279 g/mol. The molecule has 21 heavy (non-hydrogen) atoms. The predicted molar refractivity (Wildman–Crippen MR) is 89.7 cm³/mol. The largest absolute Gasteiger partial charge is 0.330 e. The molecule has 1 aliphatic rings. The molecule has 1 heteroatoms. The number of hydrogen-bond donors (Lipinski definition) is 1. The zero-order valence-corrected chi connectivity index (χ0v) is 12.7. The fourth-order valence-electron chi connectivity index (χ4n) is 3.51. The molecule has 2 N–H and O–H groups in total. The molecule has 1 aliphatic carbocycles. The Morgan fingerprint density at radius 3 is 2.48 bits per heavy atom. The minimum absolute atomic E-state index is 0.517. The Hall–Kier alpha value is -1.60. The molecule has 0 spiro atoms. The summed E-state index contributed by atoms with van der Waals surface area (Å²) in [6, 6.07) is 18.1. The zero-order valence-electron chi connectivity index (χ0n) is 12.7. The summed E-state index contributed by atoms with van der Waals surface area (Å²) < 4.78 is 0. The molecule has 0 amide bonds. The molecule has 2 aromatic carbocycles. The van der Waals surface area contributed by atoms with Crippen LogP contribution in [0.2, 0.25) is 0 Å². The fourth-order valence-corrected chi connectivity index (χ4v) is 3.51. The summed E-state index contributed by atoms with van der Waals surface area (Å²) in [5, 5.41) is 0. The summed E-state index contributed by atoms with van der Waals surface area (Å²) in [6.45, 7) is 0.797. The first kappa shape index (κ1) is 14.3. The van der Waals surface area contributed by atoms with Crippen molar-refractivity contribution in [3.8, 4) is 0 Å². The van der Waals surface area contributed by atoms with Crippen molar-refractivity contribution >= 4 is 0 Å². The van der Waals surface area contributed by atoms with E-state index in [1.54, 1.807) is 11.1 Å². The van der Waals surface area contributed by atoms with Gasteiger partial charge in [0.05, 0.1) is 0 Å². The number of benzene rings is 2. The highest BCUT2D eigenvalue weighted by molar-refractivity contribution is 5.40. The van der Waals surface area contributed by atoms with Gasteiger partial charge in [0.1, 0.15) is 0 Å². The Balaban J connectivity index is 1.87. The van der Waals surface area contributed by atoms with Crippen molar-refractivity contribution < 1.29 is 0 Å². The van der Waals surface area contributed by atoms with Crippen LogP contribution < -0.4 is 5.73 Å². The Labute approximate surface area is 128 Å². The molecule has 3 rings (SSSR count). The van der Waals surface area contributed by atoms with Crippen LogP contribution in [0.5, 0.6) is 0 Å². The number of aryl methyl sites for hydroxylation is 2. The van der Waals surface area contributed by atoms with Crippen molar-refractivity contribution in [3.05, 3.63) is 70.8 Å². The molecular weight excluding hydrogens is 254 g/mol. The van der Waals surface area contributed by atoms with Gasteiger partial charge in [-0.3, -0.25) is 0 Å². The van der Waals surface area contributed by atoms with Crippen LogP contribution in [0.4, 0.5) is 0 Å². The Kier molecular flexibility index (Phi) is 4.72. The number of unbranched alkanes of at least 4 members (excludes halogenated alkanes) is 1. The van der Waals surface area contributed by atoms with Crippen LogP contribution in [0.15, 0.2) is 48.5 Å². The van der Waals surface area contributed by atoms with Gasteiger partial charge in [-0.1, -0.05) is 55.0 Å². The smallest absolute Gasteiger partial charge is 0.00894 e. The second-order valence-corrected chi connectivity index (χ2v) is 6.13. The van der Waals surface area contributed by atoms with Crippen LogP contribution in [0.3, 0.4) is 0 Å². The summed E-state index contributed by atoms with van der Waals surface area (Å²) in [5.74, 6) is 0.517. The van der Waals surface area contributed by atoms with Gasteiger partial charge in [-0.15, -0.1) is 0 Å². The van der Waals surface area contributed by atoms with Gasteiger partial charge in [-0.25, -0.2) is 0 Å². The minimum atomic E-state index is 0.517. The van der Waals surface area contributed by atoms with E-state index in [0.717, 1.165) is 13.0 Å². The third-order valence-electron chi connectivity index (χ3n) is 4.67. The van der Waals surface area contributed by atoms with E-state index in [-0.39, 0.29) is 0 Å².